The first kappa shape index (κ1) is 23.5. The van der Waals surface area contributed by atoms with E-state index in [4.69, 9.17) is 5.73 Å². The van der Waals surface area contributed by atoms with Crippen molar-refractivity contribution in [2.45, 2.75) is 6.54 Å². The molecule has 0 spiro atoms. The number of pyridine rings is 1. The molecule has 0 radical (unpaired) electrons. The number of nitrogens with two attached hydrogens (primary N) is 1. The van der Waals surface area contributed by atoms with Gasteiger partial charge in [0.2, 0.25) is 5.95 Å². The van der Waals surface area contributed by atoms with E-state index in [1.54, 1.807) is 48.9 Å². The van der Waals surface area contributed by atoms with Crippen LogP contribution in [0.15, 0.2) is 110 Å². The highest BCUT2D eigenvalue weighted by Gasteiger charge is 2.10. The summed E-state index contributed by atoms with van der Waals surface area (Å²) in [7, 11) is 0. The first-order valence-corrected chi connectivity index (χ1v) is 11.7. The molecule has 0 saturated heterocycles. The van der Waals surface area contributed by atoms with Crippen LogP contribution in [0.4, 0.5) is 28.7 Å². The number of nitrogens with one attached hydrogen (secondary N) is 3. The number of nitrogen functional groups attached to an aromatic ring is 1. The van der Waals surface area contributed by atoms with Gasteiger partial charge in [-0.3, -0.25) is 9.78 Å². The lowest BCUT2D eigenvalue weighted by atomic mass is 10.0. The van der Waals surface area contributed by atoms with E-state index in [9.17, 15) is 4.79 Å². The molecular formula is C29H25N7O. The topological polar surface area (TPSA) is 118 Å². The van der Waals surface area contributed by atoms with Gasteiger partial charge in [-0.2, -0.15) is 0 Å². The van der Waals surface area contributed by atoms with E-state index < -0.39 is 0 Å². The Hall–Kier alpha value is -5.24. The van der Waals surface area contributed by atoms with Crippen LogP contribution >= 0.6 is 0 Å². The summed E-state index contributed by atoms with van der Waals surface area (Å²) in [5, 5.41) is 9.61. The molecule has 37 heavy (non-hydrogen) atoms. The van der Waals surface area contributed by atoms with E-state index >= 15 is 0 Å². The van der Waals surface area contributed by atoms with E-state index in [-0.39, 0.29) is 5.91 Å². The Balaban J connectivity index is 1.29. The molecule has 0 unspecified atom stereocenters. The number of para-hydroxylation sites is 2. The average Bonchev–Trinajstić information content (AvgIpc) is 2.94. The zero-order chi connectivity index (χ0) is 25.5. The number of aromatic nitrogens is 3. The van der Waals surface area contributed by atoms with Crippen LogP contribution in [0.1, 0.15) is 15.9 Å². The summed E-state index contributed by atoms with van der Waals surface area (Å²) in [6.07, 6.45) is 6.96. The van der Waals surface area contributed by atoms with Gasteiger partial charge in [-0.1, -0.05) is 36.4 Å². The Bertz CT molecular complexity index is 1490. The number of amides is 1. The van der Waals surface area contributed by atoms with E-state index in [1.165, 1.54) is 0 Å². The van der Waals surface area contributed by atoms with Gasteiger partial charge in [0, 0.05) is 53.7 Å². The van der Waals surface area contributed by atoms with Crippen LogP contribution in [0.25, 0.3) is 11.1 Å². The Morgan fingerprint density at radius 2 is 1.62 bits per heavy atom. The first-order chi connectivity index (χ1) is 18.2. The van der Waals surface area contributed by atoms with E-state index in [2.05, 4.69) is 30.9 Å². The number of anilines is 5. The molecular weight excluding hydrogens is 462 g/mol. The average molecular weight is 488 g/mol. The number of carbonyl (C=O) groups excluding carboxylic acids is 1. The lowest BCUT2D eigenvalue weighted by molar-refractivity contribution is 0.102. The maximum atomic E-state index is 12.6. The predicted molar refractivity (Wildman–Crippen MR) is 148 cm³/mol. The highest BCUT2D eigenvalue weighted by molar-refractivity contribution is 6.05. The highest BCUT2D eigenvalue weighted by atomic mass is 16.1. The summed E-state index contributed by atoms with van der Waals surface area (Å²) < 4.78 is 0. The van der Waals surface area contributed by atoms with Crippen molar-refractivity contribution in [3.8, 4) is 11.1 Å². The van der Waals surface area contributed by atoms with Crippen molar-refractivity contribution in [3.05, 3.63) is 121 Å². The number of rotatable bonds is 8. The highest BCUT2D eigenvalue weighted by Crippen LogP contribution is 2.32. The third-order valence-corrected chi connectivity index (χ3v) is 5.73. The van der Waals surface area contributed by atoms with Gasteiger partial charge in [0.05, 0.1) is 17.1 Å². The maximum absolute atomic E-state index is 12.6. The van der Waals surface area contributed by atoms with Crippen LogP contribution in [0.5, 0.6) is 0 Å². The molecule has 0 bridgehead atoms. The molecule has 182 valence electrons. The molecule has 0 aliphatic rings. The van der Waals surface area contributed by atoms with Crippen molar-refractivity contribution >= 4 is 34.6 Å². The molecule has 2 aromatic heterocycles. The van der Waals surface area contributed by atoms with E-state index in [1.807, 2.05) is 60.8 Å². The Kier molecular flexibility index (Phi) is 6.99. The van der Waals surface area contributed by atoms with E-state index in [0.717, 1.165) is 28.1 Å². The Morgan fingerprint density at radius 3 is 2.38 bits per heavy atom. The molecule has 2 heterocycles. The molecule has 5 aromatic rings. The van der Waals surface area contributed by atoms with Crippen LogP contribution in [-0.4, -0.2) is 20.9 Å². The molecule has 5 rings (SSSR count). The lowest BCUT2D eigenvalue weighted by Gasteiger charge is -2.14. The van der Waals surface area contributed by atoms with Crippen molar-refractivity contribution in [1.82, 2.24) is 15.0 Å². The lowest BCUT2D eigenvalue weighted by Crippen LogP contribution is -2.13. The van der Waals surface area contributed by atoms with Crippen molar-refractivity contribution < 1.29 is 4.79 Å². The van der Waals surface area contributed by atoms with Gasteiger partial charge < -0.3 is 21.7 Å². The largest absolute Gasteiger partial charge is 0.397 e. The molecule has 0 aliphatic carbocycles. The quantitative estimate of drug-likeness (QED) is 0.207. The number of benzene rings is 3. The molecule has 0 aliphatic heterocycles. The van der Waals surface area contributed by atoms with Gasteiger partial charge in [0.1, 0.15) is 0 Å². The smallest absolute Gasteiger partial charge is 0.255 e. The SMILES string of the molecule is Nc1ccccc1NC(=O)c1ccc(CNc2ccc(-c3cccnc3)c(Nc3ncccn3)c2)cc1. The summed E-state index contributed by atoms with van der Waals surface area (Å²) in [6.45, 7) is 0.584. The summed E-state index contributed by atoms with van der Waals surface area (Å²) in [5.41, 5.74) is 12.4. The van der Waals surface area contributed by atoms with Crippen LogP contribution in [0.2, 0.25) is 0 Å². The Morgan fingerprint density at radius 1 is 0.811 bits per heavy atom. The number of carbonyl (C=O) groups is 1. The second kappa shape index (κ2) is 11.0. The standard InChI is InChI=1S/C29H25N7O/c30-25-6-1-2-7-26(25)35-28(37)21-10-8-20(9-11-21)18-34-23-12-13-24(22-5-3-14-31-19-22)27(17-23)36-29-32-15-4-16-33-29/h1-17,19,34H,18,30H2,(H,35,37)(H,32,33,36). The van der Waals surface area contributed by atoms with Gasteiger partial charge in [-0.15, -0.1) is 0 Å². The first-order valence-electron chi connectivity index (χ1n) is 11.7. The van der Waals surface area contributed by atoms with Crippen molar-refractivity contribution in [2.75, 3.05) is 21.7 Å². The summed E-state index contributed by atoms with van der Waals surface area (Å²) in [5.74, 6) is 0.304. The monoisotopic (exact) mass is 487 g/mol. The zero-order valence-electron chi connectivity index (χ0n) is 19.9. The number of hydrogen-bond acceptors (Lipinski definition) is 7. The molecule has 0 fully saturated rings. The van der Waals surface area contributed by atoms with Gasteiger partial charge in [-0.05, 0) is 54.1 Å². The fraction of sp³-hybridized carbons (Fsp3) is 0.0345. The second-order valence-corrected chi connectivity index (χ2v) is 8.29. The number of nitrogens with zero attached hydrogens (tertiary/aromatic N) is 3. The molecule has 5 N–H and O–H groups in total. The molecule has 1 amide bonds. The molecule has 8 heteroatoms. The normalized spacial score (nSPS) is 10.5. The van der Waals surface area contributed by atoms with Crippen molar-refractivity contribution in [3.63, 3.8) is 0 Å². The fourth-order valence-corrected chi connectivity index (χ4v) is 3.80. The van der Waals surface area contributed by atoms with Gasteiger partial charge in [-0.25, -0.2) is 9.97 Å². The summed E-state index contributed by atoms with van der Waals surface area (Å²) in [4.78, 5) is 25.4. The van der Waals surface area contributed by atoms with Crippen LogP contribution in [0, 0.1) is 0 Å². The molecule has 3 aromatic carbocycles. The van der Waals surface area contributed by atoms with Crippen LogP contribution in [-0.2, 0) is 6.54 Å². The third-order valence-electron chi connectivity index (χ3n) is 5.73. The minimum atomic E-state index is -0.206. The van der Waals surface area contributed by atoms with Crippen LogP contribution in [0.3, 0.4) is 0 Å². The second-order valence-electron chi connectivity index (χ2n) is 8.29. The van der Waals surface area contributed by atoms with Gasteiger partial charge in [0.25, 0.3) is 5.91 Å². The molecule has 0 saturated carbocycles. The van der Waals surface area contributed by atoms with Gasteiger partial charge >= 0.3 is 0 Å². The Labute approximate surface area is 214 Å². The zero-order valence-corrected chi connectivity index (χ0v) is 19.9. The minimum absolute atomic E-state index is 0.206. The van der Waals surface area contributed by atoms with E-state index in [0.29, 0.717) is 29.4 Å². The predicted octanol–water partition coefficient (Wildman–Crippen LogP) is 5.73. The van der Waals surface area contributed by atoms with Gasteiger partial charge in [0.15, 0.2) is 0 Å². The fourth-order valence-electron chi connectivity index (χ4n) is 3.80. The maximum Gasteiger partial charge on any atom is 0.255 e. The number of hydrogen-bond donors (Lipinski definition) is 4. The summed E-state index contributed by atoms with van der Waals surface area (Å²) in [6, 6.07) is 26.4. The van der Waals surface area contributed by atoms with Crippen molar-refractivity contribution in [1.29, 1.82) is 0 Å². The minimum Gasteiger partial charge on any atom is -0.397 e. The van der Waals surface area contributed by atoms with Crippen LogP contribution < -0.4 is 21.7 Å². The molecule has 0 atom stereocenters. The molecule has 8 nitrogen and oxygen atoms in total. The third kappa shape index (κ3) is 5.88. The summed E-state index contributed by atoms with van der Waals surface area (Å²) >= 11 is 0. The van der Waals surface area contributed by atoms with Crippen molar-refractivity contribution in [2.24, 2.45) is 0 Å².